The Hall–Kier alpha value is -1.51. The van der Waals surface area contributed by atoms with E-state index in [4.69, 9.17) is 0 Å². The number of hydrogen-bond donors (Lipinski definition) is 1. The lowest BCUT2D eigenvalue weighted by Gasteiger charge is -2.02. The van der Waals surface area contributed by atoms with Crippen molar-refractivity contribution in [3.05, 3.63) is 39.6 Å². The van der Waals surface area contributed by atoms with Crippen molar-refractivity contribution < 1.29 is 9.90 Å². The zero-order chi connectivity index (χ0) is 15.0. The lowest BCUT2D eigenvalue weighted by molar-refractivity contribution is 0.0701. The molecule has 21 heavy (non-hydrogen) atoms. The topological polar surface area (TPSA) is 76.0 Å². The zero-order valence-electron chi connectivity index (χ0n) is 10.7. The molecule has 5 nitrogen and oxygen atoms in total. The van der Waals surface area contributed by atoms with Gasteiger partial charge in [-0.05, 0) is 52.3 Å². The Morgan fingerprint density at radius 3 is 2.81 bits per heavy atom. The highest BCUT2D eigenvalue weighted by Crippen LogP contribution is 2.37. The van der Waals surface area contributed by atoms with Gasteiger partial charge in [-0.3, -0.25) is 0 Å². The van der Waals surface area contributed by atoms with Gasteiger partial charge in [-0.2, -0.15) is 0 Å². The molecule has 3 heterocycles. The quantitative estimate of drug-likeness (QED) is 0.690. The molecule has 0 bridgehead atoms. The van der Waals surface area contributed by atoms with Crippen LogP contribution in [0.4, 0.5) is 0 Å². The zero-order valence-corrected chi connectivity index (χ0v) is 13.9. The number of carboxylic acids is 1. The molecule has 0 fully saturated rings. The number of rotatable bonds is 3. The number of pyridine rings is 1. The highest BCUT2D eigenvalue weighted by Gasteiger charge is 2.19. The van der Waals surface area contributed by atoms with Crippen LogP contribution in [0.25, 0.3) is 10.2 Å². The summed E-state index contributed by atoms with van der Waals surface area (Å²) in [5, 5.41) is 11.5. The number of aromatic carboxylic acids is 1. The molecule has 0 aromatic carbocycles. The van der Waals surface area contributed by atoms with Crippen LogP contribution >= 0.6 is 39.0 Å². The van der Waals surface area contributed by atoms with Gasteiger partial charge in [-0.25, -0.2) is 19.7 Å². The van der Waals surface area contributed by atoms with Crippen molar-refractivity contribution in [2.24, 2.45) is 0 Å². The molecule has 0 saturated heterocycles. The van der Waals surface area contributed by atoms with E-state index in [0.717, 1.165) is 19.9 Å². The van der Waals surface area contributed by atoms with Crippen LogP contribution in [0, 0.1) is 6.92 Å². The largest absolute Gasteiger partial charge is 0.477 e. The molecular weight excluding hydrogens is 374 g/mol. The van der Waals surface area contributed by atoms with E-state index in [1.807, 2.05) is 12.1 Å². The minimum absolute atomic E-state index is 0.302. The average molecular weight is 382 g/mol. The van der Waals surface area contributed by atoms with Crippen molar-refractivity contribution in [3.63, 3.8) is 0 Å². The van der Waals surface area contributed by atoms with Crippen molar-refractivity contribution in [2.75, 3.05) is 0 Å². The first-order valence-corrected chi connectivity index (χ1v) is 8.25. The van der Waals surface area contributed by atoms with Crippen LogP contribution < -0.4 is 0 Å². The summed E-state index contributed by atoms with van der Waals surface area (Å²) in [7, 11) is 0. The SMILES string of the molecule is Cc1c(C(=O)O)sc2ncnc(Sc3ccc(Br)cn3)c12. The number of carbonyl (C=O) groups is 1. The second-order valence-electron chi connectivity index (χ2n) is 4.14. The maximum Gasteiger partial charge on any atom is 0.346 e. The van der Waals surface area contributed by atoms with E-state index < -0.39 is 5.97 Å². The van der Waals surface area contributed by atoms with E-state index in [9.17, 15) is 9.90 Å². The van der Waals surface area contributed by atoms with Crippen LogP contribution in [-0.2, 0) is 0 Å². The summed E-state index contributed by atoms with van der Waals surface area (Å²) in [6, 6.07) is 3.78. The number of carboxylic acid groups (broad SMARTS) is 1. The Morgan fingerprint density at radius 2 is 2.14 bits per heavy atom. The predicted molar refractivity (Wildman–Crippen MR) is 85.2 cm³/mol. The molecule has 0 amide bonds. The molecule has 1 N–H and O–H groups in total. The first-order chi connectivity index (χ1) is 10.1. The summed E-state index contributed by atoms with van der Waals surface area (Å²) < 4.78 is 0.902. The third-order valence-electron chi connectivity index (χ3n) is 2.79. The lowest BCUT2D eigenvalue weighted by atomic mass is 10.2. The number of aromatic nitrogens is 3. The third kappa shape index (κ3) is 2.78. The van der Waals surface area contributed by atoms with Gasteiger partial charge in [0.05, 0.1) is 0 Å². The lowest BCUT2D eigenvalue weighted by Crippen LogP contribution is -1.94. The Bertz CT molecular complexity index is 833. The van der Waals surface area contributed by atoms with Crippen molar-refractivity contribution in [3.8, 4) is 0 Å². The third-order valence-corrected chi connectivity index (χ3v) is 5.40. The standard InChI is InChI=1S/C13H8BrN3O2S2/c1-6-9-11(20-8-3-2-7(14)4-15-8)16-5-17-12(9)21-10(6)13(18)19/h2-5H,1H3,(H,18,19). The van der Waals surface area contributed by atoms with E-state index >= 15 is 0 Å². The molecule has 3 aromatic rings. The van der Waals surface area contributed by atoms with Crippen LogP contribution in [0.5, 0.6) is 0 Å². The van der Waals surface area contributed by atoms with E-state index in [1.54, 1.807) is 13.1 Å². The summed E-state index contributed by atoms with van der Waals surface area (Å²) in [4.78, 5) is 24.9. The van der Waals surface area contributed by atoms with E-state index in [1.165, 1.54) is 29.4 Å². The van der Waals surface area contributed by atoms with Gasteiger partial charge in [0.1, 0.15) is 26.1 Å². The van der Waals surface area contributed by atoms with Gasteiger partial charge < -0.3 is 5.11 Å². The molecule has 0 radical (unpaired) electrons. The summed E-state index contributed by atoms with van der Waals surface area (Å²) in [6.45, 7) is 1.78. The second-order valence-corrected chi connectivity index (χ2v) is 7.06. The number of thiophene rings is 1. The molecule has 0 unspecified atom stereocenters. The van der Waals surface area contributed by atoms with Crippen molar-refractivity contribution in [2.45, 2.75) is 17.0 Å². The van der Waals surface area contributed by atoms with Crippen LogP contribution in [0.15, 0.2) is 39.2 Å². The van der Waals surface area contributed by atoms with Crippen LogP contribution in [0.1, 0.15) is 15.2 Å². The predicted octanol–water partition coefficient (Wildman–Crippen LogP) is 4.01. The first kappa shape index (κ1) is 14.4. The van der Waals surface area contributed by atoms with Crippen LogP contribution in [0.3, 0.4) is 0 Å². The smallest absolute Gasteiger partial charge is 0.346 e. The monoisotopic (exact) mass is 381 g/mol. The van der Waals surface area contributed by atoms with Gasteiger partial charge in [0.2, 0.25) is 0 Å². The number of halogens is 1. The summed E-state index contributed by atoms with van der Waals surface area (Å²) >= 11 is 5.90. The molecule has 8 heteroatoms. The fourth-order valence-electron chi connectivity index (χ4n) is 1.84. The van der Waals surface area contributed by atoms with E-state index in [-0.39, 0.29) is 0 Å². The Labute approximate surface area is 136 Å². The minimum Gasteiger partial charge on any atom is -0.477 e. The fourth-order valence-corrected chi connectivity index (χ4v) is 4.02. The van der Waals surface area contributed by atoms with Gasteiger partial charge in [0, 0.05) is 16.1 Å². The van der Waals surface area contributed by atoms with Crippen LogP contribution in [-0.4, -0.2) is 26.0 Å². The van der Waals surface area contributed by atoms with Gasteiger partial charge >= 0.3 is 5.97 Å². The summed E-state index contributed by atoms with van der Waals surface area (Å²) in [5.41, 5.74) is 0.697. The van der Waals surface area contributed by atoms with E-state index in [2.05, 4.69) is 30.9 Å². The molecular formula is C13H8BrN3O2S2. The second kappa shape index (κ2) is 5.70. The Kier molecular flexibility index (Phi) is 3.92. The molecule has 0 aliphatic heterocycles. The average Bonchev–Trinajstić information content (AvgIpc) is 2.80. The van der Waals surface area contributed by atoms with Gasteiger partial charge in [0.15, 0.2) is 0 Å². The number of fused-ring (bicyclic) bond motifs is 1. The fraction of sp³-hybridized carbons (Fsp3) is 0.0769. The molecule has 0 spiro atoms. The molecule has 3 rings (SSSR count). The maximum absolute atomic E-state index is 11.2. The van der Waals surface area contributed by atoms with Gasteiger partial charge in [-0.1, -0.05) is 0 Å². The maximum atomic E-state index is 11.2. The highest BCUT2D eigenvalue weighted by molar-refractivity contribution is 9.10. The molecule has 3 aromatic heterocycles. The number of nitrogens with zero attached hydrogens (tertiary/aromatic N) is 3. The Morgan fingerprint density at radius 1 is 1.33 bits per heavy atom. The molecule has 106 valence electrons. The van der Waals surface area contributed by atoms with Crippen molar-refractivity contribution in [1.29, 1.82) is 0 Å². The molecule has 0 aliphatic rings. The van der Waals surface area contributed by atoms with Crippen molar-refractivity contribution in [1.82, 2.24) is 15.0 Å². The van der Waals surface area contributed by atoms with Crippen LogP contribution in [0.2, 0.25) is 0 Å². The number of hydrogen-bond acceptors (Lipinski definition) is 6. The molecule has 0 saturated carbocycles. The first-order valence-electron chi connectivity index (χ1n) is 5.83. The van der Waals surface area contributed by atoms with Gasteiger partial charge in [0.25, 0.3) is 0 Å². The minimum atomic E-state index is -0.937. The Balaban J connectivity index is 2.10. The molecule has 0 atom stereocenters. The van der Waals surface area contributed by atoms with Gasteiger partial charge in [-0.15, -0.1) is 11.3 Å². The molecule has 0 aliphatic carbocycles. The summed E-state index contributed by atoms with van der Waals surface area (Å²) in [6.07, 6.45) is 3.16. The normalized spacial score (nSPS) is 11.0. The van der Waals surface area contributed by atoms with E-state index in [0.29, 0.717) is 15.3 Å². The van der Waals surface area contributed by atoms with Crippen molar-refractivity contribution >= 4 is 55.2 Å². The highest BCUT2D eigenvalue weighted by atomic mass is 79.9. The summed E-state index contributed by atoms with van der Waals surface area (Å²) in [5.74, 6) is -0.937. The number of aryl methyl sites for hydroxylation is 1.